The van der Waals surface area contributed by atoms with Gasteiger partial charge in [0.05, 0.1) is 0 Å². The van der Waals surface area contributed by atoms with Crippen LogP contribution in [-0.4, -0.2) is 25.1 Å². The van der Waals surface area contributed by atoms with Crippen LogP contribution in [0, 0.1) is 12.3 Å². The highest BCUT2D eigenvalue weighted by molar-refractivity contribution is 5.95. The van der Waals surface area contributed by atoms with Gasteiger partial charge in [0.15, 0.2) is 0 Å². The molecule has 0 saturated heterocycles. The van der Waals surface area contributed by atoms with Gasteiger partial charge in [-0.1, -0.05) is 77.5 Å². The van der Waals surface area contributed by atoms with Gasteiger partial charge in [-0.2, -0.15) is 0 Å². The van der Waals surface area contributed by atoms with Crippen molar-refractivity contribution < 1.29 is 14.4 Å². The van der Waals surface area contributed by atoms with Crippen LogP contribution >= 0.6 is 0 Å². The quantitative estimate of drug-likeness (QED) is 0.273. The van der Waals surface area contributed by atoms with Gasteiger partial charge in [-0.05, 0) is 91.1 Å². The number of amides is 2. The van der Waals surface area contributed by atoms with Crippen LogP contribution in [-0.2, 0) is 10.2 Å². The van der Waals surface area contributed by atoms with Crippen molar-refractivity contribution in [3.8, 4) is 0 Å². The Morgan fingerprint density at radius 3 is 1.92 bits per heavy atom. The summed E-state index contributed by atoms with van der Waals surface area (Å²) < 4.78 is 0. The largest absolute Gasteiger partial charge is 0.352 e. The molecule has 5 heteroatoms. The van der Waals surface area contributed by atoms with Gasteiger partial charge in [0.2, 0.25) is 6.41 Å². The molecule has 210 valence electrons. The van der Waals surface area contributed by atoms with Crippen LogP contribution < -0.4 is 10.6 Å². The third kappa shape index (κ3) is 11.7. The Kier molecular flexibility index (Phi) is 12.8. The number of aldehydes is 1. The average molecular weight is 531 g/mol. The lowest BCUT2D eigenvalue weighted by Crippen LogP contribution is -2.32. The van der Waals surface area contributed by atoms with E-state index in [4.69, 9.17) is 0 Å². The van der Waals surface area contributed by atoms with Crippen molar-refractivity contribution in [3.63, 3.8) is 0 Å². The van der Waals surface area contributed by atoms with Gasteiger partial charge in [0.1, 0.15) is 6.29 Å². The van der Waals surface area contributed by atoms with E-state index in [9.17, 15) is 14.4 Å². The normalized spacial score (nSPS) is 12.7. The second kappa shape index (κ2) is 15.0. The van der Waals surface area contributed by atoms with E-state index in [1.807, 2.05) is 82.3 Å². The fraction of sp³-hybridized carbons (Fsp3) is 0.382. The fourth-order valence-corrected chi connectivity index (χ4v) is 3.57. The Balaban J connectivity index is 0.000000487. The number of aryl methyl sites for hydroxylation is 1. The zero-order valence-corrected chi connectivity index (χ0v) is 25.4. The molecule has 0 aliphatic carbocycles. The number of nitrogens with one attached hydrogen (secondary N) is 2. The van der Waals surface area contributed by atoms with E-state index < -0.39 is 0 Å². The molecule has 2 rings (SSSR count). The van der Waals surface area contributed by atoms with E-state index in [0.29, 0.717) is 18.5 Å². The molecular weight excluding hydrogens is 484 g/mol. The molecule has 0 aromatic heterocycles. The molecule has 2 aromatic rings. The summed E-state index contributed by atoms with van der Waals surface area (Å²) in [6.07, 6.45) is 7.35. The summed E-state index contributed by atoms with van der Waals surface area (Å²) in [4.78, 5) is 33.7. The molecule has 0 unspecified atom stereocenters. The maximum Gasteiger partial charge on any atom is 0.251 e. The number of hydrogen-bond acceptors (Lipinski definition) is 3. The van der Waals surface area contributed by atoms with Crippen LogP contribution in [0.3, 0.4) is 0 Å². The number of carbonyl (C=O) groups excluding carboxylic acids is 3. The van der Waals surface area contributed by atoms with Gasteiger partial charge >= 0.3 is 0 Å². The van der Waals surface area contributed by atoms with Crippen LogP contribution in [0.25, 0.3) is 5.57 Å². The molecule has 39 heavy (non-hydrogen) atoms. The first kappa shape index (κ1) is 33.3. The van der Waals surface area contributed by atoms with Gasteiger partial charge in [-0.3, -0.25) is 14.4 Å². The second-order valence-electron chi connectivity index (χ2n) is 11.9. The molecule has 0 atom stereocenters. The fourth-order valence-electron chi connectivity index (χ4n) is 3.57. The lowest BCUT2D eigenvalue weighted by molar-refractivity contribution is -0.108. The molecule has 0 fully saturated rings. The van der Waals surface area contributed by atoms with Gasteiger partial charge < -0.3 is 10.6 Å². The van der Waals surface area contributed by atoms with Gasteiger partial charge in [-0.15, -0.1) is 0 Å². The SMILES string of the molecule is C\C=C(/C=C(\C(C)=C\C)c1ccc(C(=O)NCC(C)(C)C)cc1)NC=O.Cc1cc(C=O)cc(C(C)(C)C)c1. The second-order valence-corrected chi connectivity index (χ2v) is 11.9. The van der Waals surface area contributed by atoms with Crippen LogP contribution in [0.15, 0.2) is 72.0 Å². The maximum atomic E-state index is 12.3. The van der Waals surface area contributed by atoms with Crippen LogP contribution in [0.1, 0.15) is 99.7 Å². The first-order valence-corrected chi connectivity index (χ1v) is 13.3. The molecule has 0 radical (unpaired) electrons. The third-order valence-corrected chi connectivity index (χ3v) is 6.03. The lowest BCUT2D eigenvalue weighted by Gasteiger charge is -2.19. The smallest absolute Gasteiger partial charge is 0.251 e. The third-order valence-electron chi connectivity index (χ3n) is 6.03. The summed E-state index contributed by atoms with van der Waals surface area (Å²) in [7, 11) is 0. The molecule has 2 N–H and O–H groups in total. The Labute approximate surface area is 235 Å². The summed E-state index contributed by atoms with van der Waals surface area (Å²) in [5.41, 5.74) is 7.72. The number of rotatable bonds is 8. The zero-order chi connectivity index (χ0) is 29.8. The van der Waals surface area contributed by atoms with Crippen molar-refractivity contribution >= 4 is 24.2 Å². The highest BCUT2D eigenvalue weighted by Gasteiger charge is 2.15. The highest BCUT2D eigenvalue weighted by atomic mass is 16.1. The van der Waals surface area contributed by atoms with Crippen LogP contribution in [0.5, 0.6) is 0 Å². The Bertz CT molecular complexity index is 1220. The van der Waals surface area contributed by atoms with Crippen molar-refractivity contribution in [3.05, 3.63) is 99.8 Å². The van der Waals surface area contributed by atoms with Gasteiger partial charge in [0, 0.05) is 23.4 Å². The topological polar surface area (TPSA) is 75.3 Å². The van der Waals surface area contributed by atoms with E-state index in [0.717, 1.165) is 39.8 Å². The van der Waals surface area contributed by atoms with E-state index in [1.165, 1.54) is 5.56 Å². The average Bonchev–Trinajstić information content (AvgIpc) is 2.88. The summed E-state index contributed by atoms with van der Waals surface area (Å²) in [5.74, 6) is -0.0727. The summed E-state index contributed by atoms with van der Waals surface area (Å²) >= 11 is 0. The maximum absolute atomic E-state index is 12.3. The standard InChI is InChI=1S/C22H30N2O2.C12H16O/c1-7-16(3)20(13-19(8-2)24-15-25)17-9-11-18(12-10-17)21(26)23-14-22(4,5)6;1-9-5-10(8-13)7-11(6-9)12(2,3)4/h7-13,15H,14H2,1-6H3,(H,23,26)(H,24,25);5-8H,1-4H3/b16-7+,19-8+,20-13+;. The first-order chi connectivity index (χ1) is 18.1. The molecule has 0 spiro atoms. The van der Waals surface area contributed by atoms with E-state index >= 15 is 0 Å². The number of benzene rings is 2. The van der Waals surface area contributed by atoms with Crippen molar-refractivity contribution in [2.75, 3.05) is 6.54 Å². The number of hydrogen-bond donors (Lipinski definition) is 2. The molecular formula is C34H46N2O3. The molecule has 0 heterocycles. The summed E-state index contributed by atoms with van der Waals surface area (Å²) in [6, 6.07) is 13.5. The van der Waals surface area contributed by atoms with Gasteiger partial charge in [-0.25, -0.2) is 0 Å². The van der Waals surface area contributed by atoms with Crippen molar-refractivity contribution in [2.24, 2.45) is 5.41 Å². The number of allylic oxidation sites excluding steroid dienone is 5. The molecule has 0 aliphatic rings. The van der Waals surface area contributed by atoms with E-state index in [1.54, 1.807) is 0 Å². The molecule has 2 aromatic carbocycles. The van der Waals surface area contributed by atoms with E-state index in [2.05, 4.69) is 58.2 Å². The molecule has 2 amide bonds. The Hall–Kier alpha value is -3.73. The predicted octanol–water partition coefficient (Wildman–Crippen LogP) is 7.57. The predicted molar refractivity (Wildman–Crippen MR) is 164 cm³/mol. The van der Waals surface area contributed by atoms with Crippen molar-refractivity contribution in [1.29, 1.82) is 0 Å². The molecule has 0 bridgehead atoms. The van der Waals surface area contributed by atoms with Crippen LogP contribution in [0.4, 0.5) is 0 Å². The molecule has 5 nitrogen and oxygen atoms in total. The minimum Gasteiger partial charge on any atom is -0.352 e. The minimum absolute atomic E-state index is 0.0447. The monoisotopic (exact) mass is 530 g/mol. The summed E-state index contributed by atoms with van der Waals surface area (Å²) in [6.45, 7) is 21.2. The van der Waals surface area contributed by atoms with Crippen molar-refractivity contribution in [2.45, 2.75) is 74.7 Å². The summed E-state index contributed by atoms with van der Waals surface area (Å²) in [5, 5.41) is 5.64. The Morgan fingerprint density at radius 1 is 0.872 bits per heavy atom. The lowest BCUT2D eigenvalue weighted by atomic mass is 9.85. The molecule has 0 aliphatic heterocycles. The van der Waals surface area contributed by atoms with Crippen molar-refractivity contribution in [1.82, 2.24) is 10.6 Å². The first-order valence-electron chi connectivity index (χ1n) is 13.3. The Morgan fingerprint density at radius 2 is 1.46 bits per heavy atom. The highest BCUT2D eigenvalue weighted by Crippen LogP contribution is 2.25. The number of carbonyl (C=O) groups is 3. The zero-order valence-electron chi connectivity index (χ0n) is 25.4. The molecule has 0 saturated carbocycles. The minimum atomic E-state index is -0.0727. The van der Waals surface area contributed by atoms with E-state index in [-0.39, 0.29) is 16.7 Å². The van der Waals surface area contributed by atoms with Gasteiger partial charge in [0.25, 0.3) is 5.91 Å². The van der Waals surface area contributed by atoms with Crippen LogP contribution in [0.2, 0.25) is 0 Å².